The van der Waals surface area contributed by atoms with E-state index in [2.05, 4.69) is 37.6 Å². The van der Waals surface area contributed by atoms with E-state index < -0.39 is 11.7 Å². The fraction of sp³-hybridized carbons (Fsp3) is 0.100. The molecule has 1 aromatic heterocycles. The summed E-state index contributed by atoms with van der Waals surface area (Å²) in [5.74, 6) is -1.16. The van der Waals surface area contributed by atoms with Crippen molar-refractivity contribution in [1.82, 2.24) is 15.3 Å². The summed E-state index contributed by atoms with van der Waals surface area (Å²) < 4.78 is 14.1. The summed E-state index contributed by atoms with van der Waals surface area (Å²) in [6.07, 6.45) is 0.985. The molecule has 2 aromatic carbocycles. The maximum Gasteiger partial charge on any atom is 0.253 e. The van der Waals surface area contributed by atoms with Crippen molar-refractivity contribution in [2.75, 3.05) is 23.8 Å². The van der Waals surface area contributed by atoms with Crippen molar-refractivity contribution in [3.05, 3.63) is 60.0 Å². The molecule has 0 aliphatic carbocycles. The quantitative estimate of drug-likeness (QED) is 0.361. The van der Waals surface area contributed by atoms with Crippen molar-refractivity contribution >= 4 is 41.5 Å². The van der Waals surface area contributed by atoms with Crippen LogP contribution >= 0.6 is 0 Å². The Morgan fingerprint density at radius 2 is 2.00 bits per heavy atom. The summed E-state index contributed by atoms with van der Waals surface area (Å²) >= 11 is 0. The molecular formula is C20H19FN6O3. The number of phenolic OH excluding ortho intramolecular Hbond substituents is 1. The Kier molecular flexibility index (Phi) is 6.50. The lowest BCUT2D eigenvalue weighted by Gasteiger charge is -2.13. The number of aliphatic hydroxyl groups is 1. The van der Waals surface area contributed by atoms with Gasteiger partial charge in [-0.1, -0.05) is 12.1 Å². The smallest absolute Gasteiger partial charge is 0.253 e. The van der Waals surface area contributed by atoms with Crippen LogP contribution in [0.5, 0.6) is 5.75 Å². The topological polar surface area (TPSA) is 132 Å². The van der Waals surface area contributed by atoms with E-state index in [-0.39, 0.29) is 41.9 Å². The van der Waals surface area contributed by atoms with E-state index in [4.69, 9.17) is 5.11 Å². The summed E-state index contributed by atoms with van der Waals surface area (Å²) in [7, 11) is 0. The third-order valence-electron chi connectivity index (χ3n) is 3.94. The third kappa shape index (κ3) is 4.86. The minimum Gasteiger partial charge on any atom is -0.508 e. The number of aromatic hydroxyl groups is 1. The molecule has 0 atom stereocenters. The first-order valence-corrected chi connectivity index (χ1v) is 8.86. The Labute approximate surface area is 171 Å². The van der Waals surface area contributed by atoms with Gasteiger partial charge >= 0.3 is 0 Å². The zero-order chi connectivity index (χ0) is 21.5. The minimum atomic E-state index is -0.692. The number of nitrogens with zero attached hydrogens (tertiary/aromatic N) is 3. The number of amides is 1. The van der Waals surface area contributed by atoms with Crippen molar-refractivity contribution < 1.29 is 19.4 Å². The Morgan fingerprint density at radius 3 is 2.73 bits per heavy atom. The lowest BCUT2D eigenvalue weighted by atomic mass is 10.1. The van der Waals surface area contributed by atoms with Gasteiger partial charge in [-0.2, -0.15) is 4.98 Å². The minimum absolute atomic E-state index is 0.0193. The van der Waals surface area contributed by atoms with Crippen molar-refractivity contribution in [2.45, 2.75) is 0 Å². The molecule has 5 N–H and O–H groups in total. The van der Waals surface area contributed by atoms with Gasteiger partial charge in [-0.25, -0.2) is 9.37 Å². The van der Waals surface area contributed by atoms with E-state index in [1.54, 1.807) is 30.3 Å². The van der Waals surface area contributed by atoms with E-state index in [1.165, 1.54) is 12.1 Å². The van der Waals surface area contributed by atoms with E-state index >= 15 is 0 Å². The number of anilines is 4. The van der Waals surface area contributed by atoms with Crippen LogP contribution < -0.4 is 16.0 Å². The summed E-state index contributed by atoms with van der Waals surface area (Å²) in [5, 5.41) is 26.6. The highest BCUT2D eigenvalue weighted by atomic mass is 19.1. The number of halogens is 1. The average Bonchev–Trinajstić information content (AvgIpc) is 2.74. The third-order valence-corrected chi connectivity index (χ3v) is 3.94. The summed E-state index contributed by atoms with van der Waals surface area (Å²) in [5.41, 5.74) is 1.32. The van der Waals surface area contributed by atoms with Crippen LogP contribution in [0.1, 0.15) is 10.4 Å². The van der Waals surface area contributed by atoms with Gasteiger partial charge in [0.15, 0.2) is 11.6 Å². The fourth-order valence-corrected chi connectivity index (χ4v) is 2.62. The predicted octanol–water partition coefficient (Wildman–Crippen LogP) is 2.86. The number of aliphatic hydroxyl groups excluding tert-OH is 1. The molecule has 30 heavy (non-hydrogen) atoms. The summed E-state index contributed by atoms with van der Waals surface area (Å²) in [6, 6.07) is 11.0. The number of carbonyl (C=O) groups is 1. The summed E-state index contributed by atoms with van der Waals surface area (Å²) in [6.45, 7) is 3.40. The van der Waals surface area contributed by atoms with Crippen LogP contribution in [0.15, 0.2) is 53.7 Å². The molecule has 1 heterocycles. The Balaban J connectivity index is 1.87. The molecule has 10 heteroatoms. The Bertz CT molecular complexity index is 1080. The SMILES string of the molecule is C=Nc1c(Nc2ncc(F)c(Nc3cccc(O)c3)n2)cccc1C(=O)NCCO. The number of aliphatic imine (C=N–C) groups is 1. The maximum atomic E-state index is 14.1. The van der Waals surface area contributed by atoms with E-state index in [0.29, 0.717) is 11.4 Å². The average molecular weight is 410 g/mol. The van der Waals surface area contributed by atoms with Gasteiger partial charge in [0, 0.05) is 18.3 Å². The largest absolute Gasteiger partial charge is 0.508 e. The molecule has 154 valence electrons. The highest BCUT2D eigenvalue weighted by molar-refractivity contribution is 6.02. The normalized spacial score (nSPS) is 10.3. The number of benzene rings is 2. The number of hydrogen-bond donors (Lipinski definition) is 5. The van der Waals surface area contributed by atoms with Gasteiger partial charge in [0.2, 0.25) is 5.95 Å². The molecule has 1 amide bonds. The van der Waals surface area contributed by atoms with Gasteiger partial charge < -0.3 is 26.2 Å². The molecule has 0 saturated heterocycles. The molecule has 0 radical (unpaired) electrons. The molecule has 0 unspecified atom stereocenters. The lowest BCUT2D eigenvalue weighted by molar-refractivity contribution is 0.0945. The van der Waals surface area contributed by atoms with Gasteiger partial charge in [0.05, 0.1) is 29.7 Å². The predicted molar refractivity (Wildman–Crippen MR) is 112 cm³/mol. The van der Waals surface area contributed by atoms with Crippen molar-refractivity contribution in [3.63, 3.8) is 0 Å². The number of aromatic nitrogens is 2. The zero-order valence-electron chi connectivity index (χ0n) is 15.8. The molecule has 0 aliphatic rings. The second-order valence-electron chi connectivity index (χ2n) is 6.03. The van der Waals surface area contributed by atoms with Gasteiger partial charge in [-0.3, -0.25) is 9.79 Å². The first-order chi connectivity index (χ1) is 14.5. The zero-order valence-corrected chi connectivity index (χ0v) is 15.8. The molecule has 3 aromatic rings. The number of rotatable bonds is 8. The number of nitrogens with one attached hydrogen (secondary N) is 3. The van der Waals surface area contributed by atoms with Crippen molar-refractivity contribution in [2.24, 2.45) is 4.99 Å². The van der Waals surface area contributed by atoms with Crippen molar-refractivity contribution in [3.8, 4) is 5.75 Å². The molecule has 3 rings (SSSR count). The van der Waals surface area contributed by atoms with Crippen LogP contribution in [-0.4, -0.2) is 46.0 Å². The molecule has 0 fully saturated rings. The fourth-order valence-electron chi connectivity index (χ4n) is 2.62. The van der Waals surface area contributed by atoms with Crippen LogP contribution in [-0.2, 0) is 0 Å². The van der Waals surface area contributed by atoms with Gasteiger partial charge in [-0.15, -0.1) is 0 Å². The molecule has 0 aliphatic heterocycles. The van der Waals surface area contributed by atoms with Crippen LogP contribution in [0.3, 0.4) is 0 Å². The molecule has 0 spiro atoms. The van der Waals surface area contributed by atoms with Crippen LogP contribution in [0.4, 0.5) is 33.2 Å². The number of para-hydroxylation sites is 1. The molecular weight excluding hydrogens is 391 g/mol. The standard InChI is InChI=1S/C20H19FN6O3/c1-22-17-14(19(30)23-8-9-28)6-3-7-16(17)26-20-24-11-15(21)18(27-20)25-12-4-2-5-13(29)10-12/h2-7,10-11,28-29H,1,8-9H2,(H,23,30)(H2,24,25,26,27). The van der Waals surface area contributed by atoms with E-state index in [9.17, 15) is 14.3 Å². The number of hydrogen-bond acceptors (Lipinski definition) is 8. The van der Waals surface area contributed by atoms with E-state index in [0.717, 1.165) is 6.20 Å². The molecule has 0 bridgehead atoms. The highest BCUT2D eigenvalue weighted by Gasteiger charge is 2.15. The van der Waals surface area contributed by atoms with Crippen molar-refractivity contribution in [1.29, 1.82) is 0 Å². The summed E-state index contributed by atoms with van der Waals surface area (Å²) in [4.78, 5) is 24.2. The van der Waals surface area contributed by atoms with Crippen LogP contribution in [0.2, 0.25) is 0 Å². The monoisotopic (exact) mass is 410 g/mol. The Hall–Kier alpha value is -4.05. The van der Waals surface area contributed by atoms with E-state index in [1.807, 2.05) is 0 Å². The number of phenols is 1. The number of carbonyl (C=O) groups excluding carboxylic acids is 1. The van der Waals surface area contributed by atoms with Gasteiger partial charge in [-0.05, 0) is 31.0 Å². The first kappa shape index (κ1) is 20.7. The van der Waals surface area contributed by atoms with Crippen LogP contribution in [0.25, 0.3) is 0 Å². The van der Waals surface area contributed by atoms with Crippen LogP contribution in [0, 0.1) is 5.82 Å². The highest BCUT2D eigenvalue weighted by Crippen LogP contribution is 2.31. The molecule has 0 saturated carbocycles. The lowest BCUT2D eigenvalue weighted by Crippen LogP contribution is -2.26. The molecule has 9 nitrogen and oxygen atoms in total. The van der Waals surface area contributed by atoms with Gasteiger partial charge in [0.1, 0.15) is 5.75 Å². The maximum absolute atomic E-state index is 14.1. The first-order valence-electron chi connectivity index (χ1n) is 8.86. The Morgan fingerprint density at radius 1 is 1.20 bits per heavy atom. The van der Waals surface area contributed by atoms with Gasteiger partial charge in [0.25, 0.3) is 5.91 Å². The second-order valence-corrected chi connectivity index (χ2v) is 6.03. The second kappa shape index (κ2) is 9.43.